The zero-order valence-corrected chi connectivity index (χ0v) is 8.70. The minimum Gasteiger partial charge on any atom is -0.550 e. The van der Waals surface area contributed by atoms with Crippen molar-refractivity contribution in [3.05, 3.63) is 0 Å². The van der Waals surface area contributed by atoms with Gasteiger partial charge in [-0.05, 0) is 12.8 Å². The molecule has 0 saturated carbocycles. The van der Waals surface area contributed by atoms with Crippen LogP contribution in [0.25, 0.3) is 0 Å². The topological polar surface area (TPSA) is 109 Å². The van der Waals surface area contributed by atoms with Gasteiger partial charge in [0.2, 0.25) is 5.91 Å². The number of hydrogen-bond acceptors (Lipinski definition) is 5. The summed E-state index contributed by atoms with van der Waals surface area (Å²) in [6, 6.07) is -1.29. The van der Waals surface area contributed by atoms with Crippen molar-refractivity contribution < 1.29 is 24.6 Å². The van der Waals surface area contributed by atoms with Crippen LogP contribution in [0.2, 0.25) is 0 Å². The van der Waals surface area contributed by atoms with Crippen molar-refractivity contribution in [3.63, 3.8) is 0 Å². The molecule has 0 aromatic rings. The van der Waals surface area contributed by atoms with Gasteiger partial charge in [0, 0.05) is 5.97 Å². The lowest BCUT2D eigenvalue weighted by molar-refractivity contribution is -0.310. The summed E-state index contributed by atoms with van der Waals surface area (Å²) < 4.78 is 0. The van der Waals surface area contributed by atoms with Crippen molar-refractivity contribution in [2.24, 2.45) is 0 Å². The molecule has 0 aliphatic carbocycles. The van der Waals surface area contributed by atoms with Gasteiger partial charge in [-0.15, -0.1) is 0 Å². The van der Waals surface area contributed by atoms with Gasteiger partial charge >= 0.3 is 0 Å². The molecule has 0 aliphatic rings. The summed E-state index contributed by atoms with van der Waals surface area (Å²) >= 11 is 2.82. The van der Waals surface area contributed by atoms with E-state index in [1.165, 1.54) is 0 Å². The van der Waals surface area contributed by atoms with Crippen molar-refractivity contribution in [1.29, 1.82) is 0 Å². The summed E-state index contributed by atoms with van der Waals surface area (Å²) in [5.74, 6) is -3.43. The minimum atomic E-state index is -1.51. The lowest BCUT2D eigenvalue weighted by Crippen LogP contribution is -2.48. The molecule has 0 radical (unpaired) electrons. The molecule has 0 aromatic heterocycles. The van der Waals surface area contributed by atoms with Crippen LogP contribution in [0.1, 0.15) is 12.8 Å². The van der Waals surface area contributed by atoms with Crippen LogP contribution in [-0.2, 0) is 14.4 Å². The molecule has 80 valence electrons. The van der Waals surface area contributed by atoms with Gasteiger partial charge in [-0.1, -0.05) is 15.9 Å². The molecule has 0 bridgehead atoms. The van der Waals surface area contributed by atoms with Crippen LogP contribution in [0.3, 0.4) is 0 Å². The molecule has 0 aromatic carbocycles. The molecular weight excluding hydrogens is 258 g/mol. The van der Waals surface area contributed by atoms with Gasteiger partial charge in [0.15, 0.2) is 0 Å². The highest BCUT2D eigenvalue weighted by Crippen LogP contribution is 1.96. The Bertz CT molecular complexity index is 242. The average Bonchev–Trinajstić information content (AvgIpc) is 2.10. The molecular formula is C7H8BrNO5-2. The Morgan fingerprint density at radius 1 is 1.29 bits per heavy atom. The van der Waals surface area contributed by atoms with Gasteiger partial charge in [0.25, 0.3) is 0 Å². The predicted octanol–water partition coefficient (Wildman–Crippen LogP) is -2.85. The lowest BCUT2D eigenvalue weighted by atomic mass is 10.1. The van der Waals surface area contributed by atoms with E-state index in [0.29, 0.717) is 0 Å². The number of amides is 1. The summed E-state index contributed by atoms with van der Waals surface area (Å²) in [5, 5.41) is 22.5. The average molecular weight is 266 g/mol. The van der Waals surface area contributed by atoms with Crippen LogP contribution >= 0.6 is 15.9 Å². The Hall–Kier alpha value is -1.11. The van der Waals surface area contributed by atoms with Gasteiger partial charge in [-0.2, -0.15) is 0 Å². The number of carbonyl (C=O) groups excluding carboxylic acids is 3. The largest absolute Gasteiger partial charge is 0.550 e. The fraction of sp³-hybridized carbons (Fsp3) is 0.571. The predicted molar refractivity (Wildman–Crippen MR) is 45.0 cm³/mol. The fourth-order valence-corrected chi connectivity index (χ4v) is 0.906. The quantitative estimate of drug-likeness (QED) is 0.520. The SMILES string of the molecule is O=C([O-])CCC(NC(=O)CBr)C(=O)[O-]. The van der Waals surface area contributed by atoms with E-state index in [0.717, 1.165) is 0 Å². The van der Waals surface area contributed by atoms with Crippen molar-refractivity contribution in [2.45, 2.75) is 18.9 Å². The van der Waals surface area contributed by atoms with Crippen molar-refractivity contribution >= 4 is 33.8 Å². The molecule has 0 fully saturated rings. The zero-order chi connectivity index (χ0) is 11.1. The molecule has 1 amide bonds. The van der Waals surface area contributed by atoms with Crippen LogP contribution in [0.5, 0.6) is 0 Å². The molecule has 1 N–H and O–H groups in total. The van der Waals surface area contributed by atoms with Crippen LogP contribution < -0.4 is 15.5 Å². The summed E-state index contributed by atoms with van der Waals surface area (Å²) in [6.07, 6.45) is -0.690. The van der Waals surface area contributed by atoms with E-state index in [4.69, 9.17) is 0 Å². The maximum Gasteiger partial charge on any atom is 0.231 e. The molecule has 1 unspecified atom stereocenters. The number of rotatable bonds is 6. The zero-order valence-electron chi connectivity index (χ0n) is 7.12. The fourth-order valence-electron chi connectivity index (χ4n) is 0.744. The Labute approximate surface area is 88.4 Å². The first-order valence-electron chi connectivity index (χ1n) is 3.73. The number of carboxylic acids is 2. The van der Waals surface area contributed by atoms with Gasteiger partial charge in [0.05, 0.1) is 17.3 Å². The second kappa shape index (κ2) is 6.36. The third kappa shape index (κ3) is 5.52. The first kappa shape index (κ1) is 12.9. The van der Waals surface area contributed by atoms with E-state index in [9.17, 15) is 24.6 Å². The lowest BCUT2D eigenvalue weighted by Gasteiger charge is -2.19. The number of halogens is 1. The third-order valence-corrected chi connectivity index (χ3v) is 1.89. The van der Waals surface area contributed by atoms with E-state index < -0.39 is 30.3 Å². The summed E-state index contributed by atoms with van der Waals surface area (Å²) in [7, 11) is 0. The highest BCUT2D eigenvalue weighted by molar-refractivity contribution is 9.09. The maximum atomic E-state index is 10.8. The van der Waals surface area contributed by atoms with Crippen LogP contribution in [0.4, 0.5) is 0 Å². The molecule has 0 saturated heterocycles. The molecule has 6 nitrogen and oxygen atoms in total. The van der Waals surface area contributed by atoms with Gasteiger partial charge in [0.1, 0.15) is 0 Å². The Balaban J connectivity index is 4.09. The number of nitrogens with one attached hydrogen (secondary N) is 1. The van der Waals surface area contributed by atoms with Gasteiger partial charge in [-0.3, -0.25) is 4.79 Å². The summed E-state index contributed by atoms with van der Waals surface area (Å²) in [4.78, 5) is 31.2. The molecule has 0 aliphatic heterocycles. The molecule has 1 atom stereocenters. The number of carboxylic acid groups (broad SMARTS) is 2. The van der Waals surface area contributed by atoms with Crippen molar-refractivity contribution in [2.75, 3.05) is 5.33 Å². The van der Waals surface area contributed by atoms with E-state index in [2.05, 4.69) is 21.2 Å². The standard InChI is InChI=1S/C7H10BrNO5/c8-3-5(10)9-4(7(13)14)1-2-6(11)12/h4H,1-3H2,(H,9,10)(H,11,12)(H,13,14)/p-2. The number of aliphatic carboxylic acids is 2. The first-order valence-corrected chi connectivity index (χ1v) is 4.85. The van der Waals surface area contributed by atoms with E-state index >= 15 is 0 Å². The van der Waals surface area contributed by atoms with Crippen LogP contribution in [0, 0.1) is 0 Å². The Morgan fingerprint density at radius 2 is 1.86 bits per heavy atom. The highest BCUT2D eigenvalue weighted by atomic mass is 79.9. The molecule has 0 heterocycles. The molecule has 7 heteroatoms. The molecule has 0 rings (SSSR count). The molecule has 0 spiro atoms. The van der Waals surface area contributed by atoms with Gasteiger partial charge in [-0.25, -0.2) is 0 Å². The van der Waals surface area contributed by atoms with Crippen molar-refractivity contribution in [1.82, 2.24) is 5.32 Å². The monoisotopic (exact) mass is 265 g/mol. The summed E-state index contributed by atoms with van der Waals surface area (Å²) in [5.41, 5.74) is 0. The first-order chi connectivity index (χ1) is 6.47. The van der Waals surface area contributed by atoms with E-state index in [1.54, 1.807) is 0 Å². The number of alkyl halides is 1. The highest BCUT2D eigenvalue weighted by Gasteiger charge is 2.12. The second-order valence-corrected chi connectivity index (χ2v) is 3.04. The minimum absolute atomic E-state index is 0.0535. The third-order valence-electron chi connectivity index (χ3n) is 1.38. The number of carbonyl (C=O) groups is 3. The van der Waals surface area contributed by atoms with E-state index in [1.807, 2.05) is 0 Å². The van der Waals surface area contributed by atoms with Crippen LogP contribution in [0.15, 0.2) is 0 Å². The van der Waals surface area contributed by atoms with E-state index in [-0.39, 0.29) is 11.8 Å². The normalized spacial score (nSPS) is 11.8. The second-order valence-electron chi connectivity index (χ2n) is 2.48. The van der Waals surface area contributed by atoms with Crippen LogP contribution in [-0.4, -0.2) is 29.2 Å². The molecule has 14 heavy (non-hydrogen) atoms. The Morgan fingerprint density at radius 3 is 2.21 bits per heavy atom. The maximum absolute atomic E-state index is 10.8. The van der Waals surface area contributed by atoms with Crippen molar-refractivity contribution in [3.8, 4) is 0 Å². The number of hydrogen-bond donors (Lipinski definition) is 1. The Kier molecular flexibility index (Phi) is 5.86. The smallest absolute Gasteiger partial charge is 0.231 e. The van der Waals surface area contributed by atoms with Gasteiger partial charge < -0.3 is 25.1 Å². The summed E-state index contributed by atoms with van der Waals surface area (Å²) in [6.45, 7) is 0.